The van der Waals surface area contributed by atoms with E-state index in [2.05, 4.69) is 0 Å². The standard InChI is InChI=1S/C18H17NO2/c20-16-11-12-19(18(21)15-9-5-2-6-10-15)17(13-16)14-7-3-1-4-8-14/h1-10,17H,11-13H2. The van der Waals surface area contributed by atoms with Crippen LogP contribution in [0.25, 0.3) is 0 Å². The maximum absolute atomic E-state index is 12.7. The largest absolute Gasteiger partial charge is 0.331 e. The molecule has 3 heteroatoms. The molecule has 1 aliphatic heterocycles. The van der Waals surface area contributed by atoms with Crippen LogP contribution in [0, 0.1) is 0 Å². The molecule has 0 saturated carbocycles. The van der Waals surface area contributed by atoms with E-state index in [0.717, 1.165) is 5.56 Å². The van der Waals surface area contributed by atoms with Crippen LogP contribution in [0.4, 0.5) is 0 Å². The number of hydrogen-bond donors (Lipinski definition) is 0. The lowest BCUT2D eigenvalue weighted by Crippen LogP contribution is -2.41. The van der Waals surface area contributed by atoms with E-state index in [0.29, 0.717) is 24.9 Å². The number of ketones is 1. The second-order valence-electron chi connectivity index (χ2n) is 5.28. The normalized spacial score (nSPS) is 18.6. The molecule has 3 rings (SSSR count). The Labute approximate surface area is 124 Å². The van der Waals surface area contributed by atoms with E-state index >= 15 is 0 Å². The lowest BCUT2D eigenvalue weighted by atomic mass is 9.93. The van der Waals surface area contributed by atoms with Gasteiger partial charge < -0.3 is 4.90 Å². The SMILES string of the molecule is O=C1CCN(C(=O)c2ccccc2)C(c2ccccc2)C1. The van der Waals surface area contributed by atoms with Gasteiger partial charge in [-0.2, -0.15) is 0 Å². The summed E-state index contributed by atoms with van der Waals surface area (Å²) in [7, 11) is 0. The van der Waals surface area contributed by atoms with Gasteiger partial charge >= 0.3 is 0 Å². The molecule has 2 aromatic carbocycles. The van der Waals surface area contributed by atoms with Crippen molar-refractivity contribution in [2.24, 2.45) is 0 Å². The molecule has 0 aliphatic carbocycles. The van der Waals surface area contributed by atoms with Gasteiger partial charge in [0, 0.05) is 24.9 Å². The molecule has 0 N–H and O–H groups in total. The summed E-state index contributed by atoms with van der Waals surface area (Å²) < 4.78 is 0. The second kappa shape index (κ2) is 5.92. The molecule has 1 aliphatic rings. The van der Waals surface area contributed by atoms with Crippen molar-refractivity contribution in [3.8, 4) is 0 Å². The van der Waals surface area contributed by atoms with Crippen LogP contribution >= 0.6 is 0 Å². The molecule has 0 spiro atoms. The fourth-order valence-corrected chi connectivity index (χ4v) is 2.79. The molecule has 1 heterocycles. The minimum absolute atomic E-state index is 0.00282. The summed E-state index contributed by atoms with van der Waals surface area (Å²) in [5.41, 5.74) is 1.70. The van der Waals surface area contributed by atoms with Gasteiger partial charge in [0.25, 0.3) is 5.91 Å². The van der Waals surface area contributed by atoms with Crippen molar-refractivity contribution >= 4 is 11.7 Å². The second-order valence-corrected chi connectivity index (χ2v) is 5.28. The first-order valence-electron chi connectivity index (χ1n) is 7.18. The van der Waals surface area contributed by atoms with Gasteiger partial charge in [0.15, 0.2) is 0 Å². The number of nitrogens with zero attached hydrogens (tertiary/aromatic N) is 1. The molecule has 106 valence electrons. The van der Waals surface area contributed by atoms with Crippen molar-refractivity contribution in [1.82, 2.24) is 4.90 Å². The molecule has 1 fully saturated rings. The van der Waals surface area contributed by atoms with Crippen LogP contribution in [-0.4, -0.2) is 23.1 Å². The van der Waals surface area contributed by atoms with Gasteiger partial charge in [0.2, 0.25) is 0 Å². The highest BCUT2D eigenvalue weighted by Crippen LogP contribution is 2.30. The Morgan fingerprint density at radius 3 is 2.24 bits per heavy atom. The number of Topliss-reactive ketones (excluding diaryl/α,β-unsaturated/α-hetero) is 1. The highest BCUT2D eigenvalue weighted by Gasteiger charge is 2.31. The van der Waals surface area contributed by atoms with Crippen LogP contribution in [0.1, 0.15) is 34.8 Å². The zero-order valence-corrected chi connectivity index (χ0v) is 11.7. The Hall–Kier alpha value is -2.42. The van der Waals surface area contributed by atoms with E-state index in [4.69, 9.17) is 0 Å². The van der Waals surface area contributed by atoms with Crippen LogP contribution in [0.15, 0.2) is 60.7 Å². The zero-order chi connectivity index (χ0) is 14.7. The Kier molecular flexibility index (Phi) is 3.82. The third kappa shape index (κ3) is 2.87. The van der Waals surface area contributed by atoms with Crippen LogP contribution in [0.5, 0.6) is 0 Å². The van der Waals surface area contributed by atoms with Gasteiger partial charge in [0.05, 0.1) is 6.04 Å². The van der Waals surface area contributed by atoms with E-state index in [-0.39, 0.29) is 17.7 Å². The molecule has 3 nitrogen and oxygen atoms in total. The Morgan fingerprint density at radius 1 is 0.952 bits per heavy atom. The average molecular weight is 279 g/mol. The third-order valence-corrected chi connectivity index (χ3v) is 3.89. The van der Waals surface area contributed by atoms with Gasteiger partial charge in [0.1, 0.15) is 5.78 Å². The van der Waals surface area contributed by atoms with Crippen molar-refractivity contribution in [1.29, 1.82) is 0 Å². The molecule has 0 radical (unpaired) electrons. The number of carbonyl (C=O) groups is 2. The van der Waals surface area contributed by atoms with Crippen LogP contribution in [-0.2, 0) is 4.79 Å². The molecule has 2 aromatic rings. The Bertz CT molecular complexity index is 637. The van der Waals surface area contributed by atoms with Gasteiger partial charge in [-0.3, -0.25) is 9.59 Å². The van der Waals surface area contributed by atoms with Crippen LogP contribution in [0.3, 0.4) is 0 Å². The van der Waals surface area contributed by atoms with Crippen molar-refractivity contribution in [3.63, 3.8) is 0 Å². The van der Waals surface area contributed by atoms with E-state index in [1.807, 2.05) is 65.6 Å². The summed E-state index contributed by atoms with van der Waals surface area (Å²) in [5, 5.41) is 0. The monoisotopic (exact) mass is 279 g/mol. The number of rotatable bonds is 2. The molecule has 21 heavy (non-hydrogen) atoms. The molecule has 1 amide bonds. The lowest BCUT2D eigenvalue weighted by Gasteiger charge is -2.35. The first-order valence-corrected chi connectivity index (χ1v) is 7.18. The number of carbonyl (C=O) groups excluding carboxylic acids is 2. The van der Waals surface area contributed by atoms with Gasteiger partial charge in [-0.25, -0.2) is 0 Å². The van der Waals surface area contributed by atoms with Gasteiger partial charge in [-0.15, -0.1) is 0 Å². The molecule has 0 bridgehead atoms. The fourth-order valence-electron chi connectivity index (χ4n) is 2.79. The number of likely N-dealkylation sites (tertiary alicyclic amines) is 1. The number of amides is 1. The first-order chi connectivity index (χ1) is 10.3. The minimum atomic E-state index is -0.153. The van der Waals surface area contributed by atoms with E-state index < -0.39 is 0 Å². The molecular weight excluding hydrogens is 262 g/mol. The van der Waals surface area contributed by atoms with Crippen molar-refractivity contribution in [2.45, 2.75) is 18.9 Å². The molecule has 1 unspecified atom stereocenters. The molecule has 1 saturated heterocycles. The van der Waals surface area contributed by atoms with E-state index in [1.165, 1.54) is 0 Å². The molecular formula is C18H17NO2. The van der Waals surface area contributed by atoms with Crippen LogP contribution < -0.4 is 0 Å². The summed E-state index contributed by atoms with van der Waals surface area (Å²) in [5.74, 6) is 0.220. The molecule has 1 atom stereocenters. The van der Waals surface area contributed by atoms with Crippen molar-refractivity contribution in [2.75, 3.05) is 6.54 Å². The predicted octanol–water partition coefficient (Wildman–Crippen LogP) is 3.23. The Morgan fingerprint density at radius 2 is 1.57 bits per heavy atom. The van der Waals surface area contributed by atoms with E-state index in [9.17, 15) is 9.59 Å². The minimum Gasteiger partial charge on any atom is -0.331 e. The van der Waals surface area contributed by atoms with Gasteiger partial charge in [-0.1, -0.05) is 48.5 Å². The highest BCUT2D eigenvalue weighted by molar-refractivity contribution is 5.95. The quantitative estimate of drug-likeness (QED) is 0.846. The maximum Gasteiger partial charge on any atom is 0.254 e. The van der Waals surface area contributed by atoms with Gasteiger partial charge in [-0.05, 0) is 17.7 Å². The summed E-state index contributed by atoms with van der Waals surface area (Å²) >= 11 is 0. The lowest BCUT2D eigenvalue weighted by molar-refractivity contribution is -0.122. The highest BCUT2D eigenvalue weighted by atomic mass is 16.2. The third-order valence-electron chi connectivity index (χ3n) is 3.89. The number of hydrogen-bond acceptors (Lipinski definition) is 2. The van der Waals surface area contributed by atoms with Crippen molar-refractivity contribution in [3.05, 3.63) is 71.8 Å². The fraction of sp³-hybridized carbons (Fsp3) is 0.222. The first kappa shape index (κ1) is 13.6. The summed E-state index contributed by atoms with van der Waals surface area (Å²) in [6, 6.07) is 18.9. The van der Waals surface area contributed by atoms with Crippen molar-refractivity contribution < 1.29 is 9.59 Å². The number of benzene rings is 2. The zero-order valence-electron chi connectivity index (χ0n) is 11.7. The predicted molar refractivity (Wildman–Crippen MR) is 80.9 cm³/mol. The number of piperidine rings is 1. The smallest absolute Gasteiger partial charge is 0.254 e. The van der Waals surface area contributed by atoms with E-state index in [1.54, 1.807) is 0 Å². The molecule has 0 aromatic heterocycles. The van der Waals surface area contributed by atoms with Crippen LogP contribution in [0.2, 0.25) is 0 Å². The summed E-state index contributed by atoms with van der Waals surface area (Å²) in [6.07, 6.45) is 0.852. The summed E-state index contributed by atoms with van der Waals surface area (Å²) in [4.78, 5) is 26.3. The average Bonchev–Trinajstić information content (AvgIpc) is 2.56. The topological polar surface area (TPSA) is 37.4 Å². The summed E-state index contributed by atoms with van der Waals surface area (Å²) in [6.45, 7) is 0.492. The Balaban J connectivity index is 1.91. The maximum atomic E-state index is 12.7.